The normalized spacial score (nSPS) is 20.7. The van der Waals surface area contributed by atoms with E-state index in [9.17, 15) is 9.90 Å². The zero-order valence-electron chi connectivity index (χ0n) is 21.3. The van der Waals surface area contributed by atoms with Crippen molar-refractivity contribution in [1.29, 1.82) is 0 Å². The van der Waals surface area contributed by atoms with E-state index in [-0.39, 0.29) is 31.7 Å². The van der Waals surface area contributed by atoms with E-state index in [2.05, 4.69) is 31.9 Å². The minimum absolute atomic E-state index is 0.000977. The number of rotatable bonds is 9. The smallest absolute Gasteiger partial charge is 0.252 e. The van der Waals surface area contributed by atoms with Crippen LogP contribution in [0.5, 0.6) is 0 Å². The minimum Gasteiger partial charge on any atom is -0.395 e. The number of carbonyl (C=O) groups is 1. The fourth-order valence-corrected chi connectivity index (χ4v) is 6.02. The van der Waals surface area contributed by atoms with Crippen molar-refractivity contribution in [2.75, 3.05) is 57.4 Å². The molecular formula is C27H37Cl2N5O3. The lowest BCUT2D eigenvalue weighted by atomic mass is 9.96. The monoisotopic (exact) mass is 549 g/mol. The fraction of sp³-hybridized carbons (Fsp3) is 0.556. The van der Waals surface area contributed by atoms with E-state index in [1.807, 2.05) is 24.3 Å². The summed E-state index contributed by atoms with van der Waals surface area (Å²) in [6, 6.07) is 10.3. The van der Waals surface area contributed by atoms with E-state index in [1.165, 1.54) is 0 Å². The minimum atomic E-state index is -0.294. The Kier molecular flexibility index (Phi) is 10.0. The molecule has 2 aliphatic rings. The number of piperidine rings is 1. The van der Waals surface area contributed by atoms with Gasteiger partial charge in [0.1, 0.15) is 5.82 Å². The number of benzene rings is 1. The molecule has 10 heteroatoms. The zero-order chi connectivity index (χ0) is 26.4. The maximum absolute atomic E-state index is 12.2. The summed E-state index contributed by atoms with van der Waals surface area (Å²) in [6.07, 6.45) is 4.71. The van der Waals surface area contributed by atoms with Crippen LogP contribution in [0.3, 0.4) is 0 Å². The molecule has 0 aliphatic carbocycles. The molecule has 202 valence electrons. The quantitative estimate of drug-likeness (QED) is 0.442. The van der Waals surface area contributed by atoms with Crippen molar-refractivity contribution in [3.63, 3.8) is 0 Å². The summed E-state index contributed by atoms with van der Waals surface area (Å²) >= 11 is 12.6. The highest BCUT2D eigenvalue weighted by atomic mass is 35.5. The molecule has 3 heterocycles. The molecule has 3 N–H and O–H groups in total. The topological polar surface area (TPSA) is 92.2 Å². The SMILES string of the molecule is CC[C@H]1CN(c2ncc(C(=O)NCCO)cc2Cl)CCN1C1CCN(C(CO)c2ccc(Cl)cc2)CC1. The molecule has 1 aromatic carbocycles. The number of anilines is 1. The molecule has 1 amide bonds. The lowest BCUT2D eigenvalue weighted by Crippen LogP contribution is -2.58. The Hall–Kier alpha value is -1.94. The Morgan fingerprint density at radius 2 is 1.86 bits per heavy atom. The van der Waals surface area contributed by atoms with Crippen LogP contribution in [0.4, 0.5) is 5.82 Å². The molecule has 4 rings (SSSR count). The number of nitrogens with one attached hydrogen (secondary N) is 1. The first-order valence-corrected chi connectivity index (χ1v) is 13.9. The second-order valence-corrected chi connectivity index (χ2v) is 10.6. The number of pyridine rings is 1. The van der Waals surface area contributed by atoms with Gasteiger partial charge in [-0.05, 0) is 43.0 Å². The summed E-state index contributed by atoms with van der Waals surface area (Å²) in [5.41, 5.74) is 1.49. The lowest BCUT2D eigenvalue weighted by molar-refractivity contribution is 0.0356. The average Bonchev–Trinajstić information content (AvgIpc) is 2.93. The highest BCUT2D eigenvalue weighted by molar-refractivity contribution is 6.33. The number of nitrogens with zero attached hydrogens (tertiary/aromatic N) is 4. The molecule has 2 aliphatic heterocycles. The number of aliphatic hydroxyl groups is 2. The third-order valence-corrected chi connectivity index (χ3v) is 8.15. The van der Waals surface area contributed by atoms with Gasteiger partial charge in [0.05, 0.1) is 29.8 Å². The van der Waals surface area contributed by atoms with Crippen LogP contribution in [0.1, 0.15) is 48.1 Å². The van der Waals surface area contributed by atoms with Gasteiger partial charge in [0, 0.05) is 62.6 Å². The number of aromatic nitrogens is 1. The summed E-state index contributed by atoms with van der Waals surface area (Å²) in [6.45, 7) is 6.88. The third kappa shape index (κ3) is 6.74. The first-order valence-electron chi connectivity index (χ1n) is 13.1. The van der Waals surface area contributed by atoms with E-state index in [0.717, 1.165) is 57.5 Å². The van der Waals surface area contributed by atoms with Gasteiger partial charge in [-0.2, -0.15) is 0 Å². The summed E-state index contributed by atoms with van der Waals surface area (Å²) in [7, 11) is 0. The first kappa shape index (κ1) is 28.1. The van der Waals surface area contributed by atoms with Crippen molar-refractivity contribution in [2.45, 2.75) is 44.3 Å². The molecule has 2 atom stereocenters. The van der Waals surface area contributed by atoms with E-state index in [4.69, 9.17) is 28.3 Å². The average molecular weight is 551 g/mol. The molecule has 8 nitrogen and oxygen atoms in total. The van der Waals surface area contributed by atoms with Crippen molar-refractivity contribution in [3.8, 4) is 0 Å². The number of hydrogen-bond acceptors (Lipinski definition) is 7. The molecular weight excluding hydrogens is 513 g/mol. The van der Waals surface area contributed by atoms with Crippen LogP contribution in [-0.4, -0.2) is 95.5 Å². The van der Waals surface area contributed by atoms with Crippen LogP contribution in [0.2, 0.25) is 10.0 Å². The van der Waals surface area contributed by atoms with Gasteiger partial charge in [-0.15, -0.1) is 0 Å². The predicted octanol–water partition coefficient (Wildman–Crippen LogP) is 3.21. The van der Waals surface area contributed by atoms with Crippen LogP contribution in [0.25, 0.3) is 0 Å². The summed E-state index contributed by atoms with van der Waals surface area (Å²) in [4.78, 5) is 24.0. The van der Waals surface area contributed by atoms with Crippen LogP contribution in [0, 0.1) is 0 Å². The molecule has 0 bridgehead atoms. The van der Waals surface area contributed by atoms with Crippen molar-refractivity contribution in [2.24, 2.45) is 0 Å². The third-order valence-electron chi connectivity index (χ3n) is 7.62. The summed E-state index contributed by atoms with van der Waals surface area (Å²) < 4.78 is 0. The number of hydrogen-bond donors (Lipinski definition) is 3. The van der Waals surface area contributed by atoms with E-state index in [0.29, 0.717) is 33.5 Å². The second kappa shape index (κ2) is 13.2. The van der Waals surface area contributed by atoms with Gasteiger partial charge in [0.2, 0.25) is 0 Å². The zero-order valence-corrected chi connectivity index (χ0v) is 22.8. The van der Waals surface area contributed by atoms with Gasteiger partial charge in [-0.3, -0.25) is 14.6 Å². The van der Waals surface area contributed by atoms with Crippen LogP contribution < -0.4 is 10.2 Å². The molecule has 0 saturated carbocycles. The number of halogens is 2. The Bertz CT molecular complexity index is 1030. The number of aliphatic hydroxyl groups excluding tert-OH is 2. The summed E-state index contributed by atoms with van der Waals surface area (Å²) in [5.74, 6) is 0.416. The van der Waals surface area contributed by atoms with Crippen LogP contribution in [-0.2, 0) is 0 Å². The van der Waals surface area contributed by atoms with Crippen molar-refractivity contribution in [3.05, 3.63) is 57.7 Å². The van der Waals surface area contributed by atoms with E-state index >= 15 is 0 Å². The standard InChI is InChI=1S/C27H37Cl2N5O3/c1-2-22-17-33(26-24(29)15-20(16-31-26)27(37)30-9-14-35)12-13-34(22)23-7-10-32(11-8-23)25(18-36)19-3-5-21(28)6-4-19/h3-6,15-16,22-23,25,35-36H,2,7-14,17-18H2,1H3,(H,30,37)/t22-,25?/m0/s1. The molecule has 37 heavy (non-hydrogen) atoms. The Morgan fingerprint density at radius 1 is 1.14 bits per heavy atom. The van der Waals surface area contributed by atoms with Crippen molar-refractivity contribution >= 4 is 34.9 Å². The molecule has 0 radical (unpaired) electrons. The summed E-state index contributed by atoms with van der Waals surface area (Å²) in [5, 5.41) is 22.8. The van der Waals surface area contributed by atoms with Gasteiger partial charge in [0.15, 0.2) is 0 Å². The number of amides is 1. The van der Waals surface area contributed by atoms with E-state index in [1.54, 1.807) is 12.3 Å². The maximum atomic E-state index is 12.2. The fourth-order valence-electron chi connectivity index (χ4n) is 5.61. The van der Waals surface area contributed by atoms with Gasteiger partial charge in [0.25, 0.3) is 5.91 Å². The molecule has 2 saturated heterocycles. The van der Waals surface area contributed by atoms with Crippen LogP contribution >= 0.6 is 23.2 Å². The van der Waals surface area contributed by atoms with Crippen molar-refractivity contribution < 1.29 is 15.0 Å². The molecule has 1 aromatic heterocycles. The highest BCUT2D eigenvalue weighted by Gasteiger charge is 2.35. The predicted molar refractivity (Wildman–Crippen MR) is 148 cm³/mol. The van der Waals surface area contributed by atoms with Gasteiger partial charge < -0.3 is 20.4 Å². The van der Waals surface area contributed by atoms with Crippen LogP contribution in [0.15, 0.2) is 36.5 Å². The first-order chi connectivity index (χ1) is 17.9. The van der Waals surface area contributed by atoms with Crippen molar-refractivity contribution in [1.82, 2.24) is 20.1 Å². The lowest BCUT2D eigenvalue weighted by Gasteiger charge is -2.48. The van der Waals surface area contributed by atoms with Gasteiger partial charge in [-0.1, -0.05) is 42.3 Å². The Labute approximate surface area is 229 Å². The number of likely N-dealkylation sites (tertiary alicyclic amines) is 1. The second-order valence-electron chi connectivity index (χ2n) is 9.77. The molecule has 2 aromatic rings. The molecule has 1 unspecified atom stereocenters. The Morgan fingerprint density at radius 3 is 2.49 bits per heavy atom. The highest BCUT2D eigenvalue weighted by Crippen LogP contribution is 2.31. The maximum Gasteiger partial charge on any atom is 0.252 e. The van der Waals surface area contributed by atoms with E-state index < -0.39 is 0 Å². The van der Waals surface area contributed by atoms with Gasteiger partial charge >= 0.3 is 0 Å². The largest absolute Gasteiger partial charge is 0.395 e. The molecule has 2 fully saturated rings. The Balaban J connectivity index is 1.35. The number of piperazine rings is 1. The molecule has 0 spiro atoms. The van der Waals surface area contributed by atoms with Gasteiger partial charge in [-0.25, -0.2) is 4.98 Å². The number of carbonyl (C=O) groups excluding carboxylic acids is 1.